The lowest BCUT2D eigenvalue weighted by atomic mass is 10.1. The Morgan fingerprint density at radius 3 is 2.69 bits per heavy atom. The van der Waals surface area contributed by atoms with Crippen molar-refractivity contribution >= 4 is 21.2 Å². The highest BCUT2D eigenvalue weighted by Gasteiger charge is 2.15. The van der Waals surface area contributed by atoms with Crippen LogP contribution in [0.25, 0.3) is 0 Å². The van der Waals surface area contributed by atoms with Gasteiger partial charge in [0.15, 0.2) is 9.84 Å². The fraction of sp³-hybridized carbons (Fsp3) is 0.300. The van der Waals surface area contributed by atoms with Gasteiger partial charge in [0.05, 0.1) is 5.75 Å². The lowest BCUT2D eigenvalue weighted by Crippen LogP contribution is -2.18. The molecule has 1 aromatic carbocycles. The summed E-state index contributed by atoms with van der Waals surface area (Å²) in [5.74, 6) is -0.280. The molecule has 88 valence electrons. The van der Waals surface area contributed by atoms with Gasteiger partial charge in [-0.15, -0.1) is 0 Å². The Labute approximate surface area is 94.5 Å². The quantitative estimate of drug-likeness (QED) is 0.355. The van der Waals surface area contributed by atoms with Crippen LogP contribution in [0, 0.1) is 0 Å². The number of sulfone groups is 1. The summed E-state index contributed by atoms with van der Waals surface area (Å²) >= 11 is 0. The van der Waals surface area contributed by atoms with E-state index in [9.17, 15) is 8.42 Å². The van der Waals surface area contributed by atoms with E-state index in [-0.39, 0.29) is 17.2 Å². The maximum Gasteiger partial charge on any atom is 0.155 e. The van der Waals surface area contributed by atoms with Crippen LogP contribution in [0.2, 0.25) is 0 Å². The van der Waals surface area contributed by atoms with Gasteiger partial charge in [-0.3, -0.25) is 0 Å². The fourth-order valence-corrected chi connectivity index (χ4v) is 2.04. The molecule has 0 bridgehead atoms. The van der Waals surface area contributed by atoms with E-state index in [0.717, 1.165) is 0 Å². The fourth-order valence-electron chi connectivity index (χ4n) is 1.20. The zero-order valence-electron chi connectivity index (χ0n) is 8.92. The number of oxime groups is 1. The van der Waals surface area contributed by atoms with Crippen molar-refractivity contribution in [2.45, 2.75) is 6.92 Å². The first-order chi connectivity index (χ1) is 7.48. The third kappa shape index (κ3) is 3.23. The van der Waals surface area contributed by atoms with Crippen molar-refractivity contribution < 1.29 is 13.6 Å². The number of hydrogen-bond acceptors (Lipinski definition) is 5. The van der Waals surface area contributed by atoms with E-state index in [2.05, 4.69) is 5.16 Å². The summed E-state index contributed by atoms with van der Waals surface area (Å²) in [5.41, 5.74) is 6.67. The van der Waals surface area contributed by atoms with Crippen molar-refractivity contribution in [3.8, 4) is 0 Å². The molecule has 6 heteroatoms. The summed E-state index contributed by atoms with van der Waals surface area (Å²) < 4.78 is 22.8. The molecule has 16 heavy (non-hydrogen) atoms. The van der Waals surface area contributed by atoms with Crippen LogP contribution < -0.4 is 5.73 Å². The van der Waals surface area contributed by atoms with Crippen molar-refractivity contribution in [3.05, 3.63) is 29.8 Å². The topological polar surface area (TPSA) is 92.8 Å². The van der Waals surface area contributed by atoms with Crippen molar-refractivity contribution in [2.24, 2.45) is 5.16 Å². The Morgan fingerprint density at radius 2 is 2.19 bits per heavy atom. The highest BCUT2D eigenvalue weighted by Crippen LogP contribution is 2.09. The molecule has 0 saturated carbocycles. The second kappa shape index (κ2) is 4.98. The SMILES string of the molecule is CCS(=O)(=O)C/C(=N\O)c1cccc(N)c1. The molecule has 0 radical (unpaired) electrons. The molecule has 5 nitrogen and oxygen atoms in total. The number of hydrogen-bond donors (Lipinski definition) is 2. The molecule has 3 N–H and O–H groups in total. The lowest BCUT2D eigenvalue weighted by molar-refractivity contribution is 0.319. The second-order valence-corrected chi connectivity index (χ2v) is 5.70. The van der Waals surface area contributed by atoms with E-state index in [1.54, 1.807) is 31.2 Å². The van der Waals surface area contributed by atoms with Gasteiger partial charge in [-0.25, -0.2) is 8.42 Å². The largest absolute Gasteiger partial charge is 0.411 e. The van der Waals surface area contributed by atoms with Crippen LogP contribution in [0.4, 0.5) is 5.69 Å². The van der Waals surface area contributed by atoms with Gasteiger partial charge in [-0.1, -0.05) is 24.2 Å². The van der Waals surface area contributed by atoms with Crippen LogP contribution >= 0.6 is 0 Å². The van der Waals surface area contributed by atoms with E-state index in [1.807, 2.05) is 0 Å². The second-order valence-electron chi connectivity index (χ2n) is 3.35. The van der Waals surface area contributed by atoms with Gasteiger partial charge in [0.25, 0.3) is 0 Å². The zero-order chi connectivity index (χ0) is 12.2. The average Bonchev–Trinajstić information content (AvgIpc) is 2.26. The first-order valence-corrected chi connectivity index (χ1v) is 6.58. The molecule has 1 aromatic rings. The van der Waals surface area contributed by atoms with Crippen molar-refractivity contribution in [1.82, 2.24) is 0 Å². The molecule has 0 aliphatic heterocycles. The lowest BCUT2D eigenvalue weighted by Gasteiger charge is -2.05. The highest BCUT2D eigenvalue weighted by atomic mass is 32.2. The van der Waals surface area contributed by atoms with Gasteiger partial charge in [0, 0.05) is 17.0 Å². The summed E-state index contributed by atoms with van der Waals surface area (Å²) in [5, 5.41) is 11.8. The third-order valence-corrected chi connectivity index (χ3v) is 3.73. The number of nitrogens with zero attached hydrogens (tertiary/aromatic N) is 1. The molecule has 0 atom stereocenters. The van der Waals surface area contributed by atoms with E-state index in [1.165, 1.54) is 0 Å². The molecule has 0 spiro atoms. The predicted molar refractivity (Wildman–Crippen MR) is 63.5 cm³/mol. The Morgan fingerprint density at radius 1 is 1.50 bits per heavy atom. The van der Waals surface area contributed by atoms with Gasteiger partial charge < -0.3 is 10.9 Å². The molecule has 0 amide bonds. The molecule has 0 aliphatic carbocycles. The van der Waals surface area contributed by atoms with Crippen molar-refractivity contribution in [1.29, 1.82) is 0 Å². The molecule has 0 heterocycles. The van der Waals surface area contributed by atoms with Gasteiger partial charge in [-0.05, 0) is 12.1 Å². The van der Waals surface area contributed by atoms with Gasteiger partial charge in [0.2, 0.25) is 0 Å². The maximum atomic E-state index is 11.4. The molecule has 0 aliphatic rings. The summed E-state index contributed by atoms with van der Waals surface area (Å²) in [6, 6.07) is 6.57. The van der Waals surface area contributed by atoms with Crippen LogP contribution in [-0.4, -0.2) is 30.8 Å². The average molecular weight is 242 g/mol. The van der Waals surface area contributed by atoms with Crippen molar-refractivity contribution in [3.63, 3.8) is 0 Å². The summed E-state index contributed by atoms with van der Waals surface area (Å²) in [7, 11) is -3.22. The minimum atomic E-state index is -3.22. The normalized spacial score (nSPS) is 12.7. The molecule has 0 saturated heterocycles. The van der Waals surface area contributed by atoms with Crippen LogP contribution in [-0.2, 0) is 9.84 Å². The number of nitrogen functional groups attached to an aromatic ring is 1. The first kappa shape index (κ1) is 12.5. The van der Waals surface area contributed by atoms with E-state index in [0.29, 0.717) is 11.3 Å². The first-order valence-electron chi connectivity index (χ1n) is 4.75. The number of anilines is 1. The Balaban J connectivity index is 3.02. The Bertz CT molecular complexity index is 495. The van der Waals surface area contributed by atoms with Gasteiger partial charge in [0.1, 0.15) is 5.71 Å². The third-order valence-electron chi connectivity index (χ3n) is 2.14. The van der Waals surface area contributed by atoms with Crippen LogP contribution in [0.15, 0.2) is 29.4 Å². The number of rotatable bonds is 4. The van der Waals surface area contributed by atoms with Crippen LogP contribution in [0.1, 0.15) is 12.5 Å². The summed E-state index contributed by atoms with van der Waals surface area (Å²) in [4.78, 5) is 0. The Hall–Kier alpha value is -1.56. The van der Waals surface area contributed by atoms with Gasteiger partial charge in [-0.2, -0.15) is 0 Å². The van der Waals surface area contributed by atoms with Gasteiger partial charge >= 0.3 is 0 Å². The van der Waals surface area contributed by atoms with E-state index < -0.39 is 9.84 Å². The molecule has 0 fully saturated rings. The minimum Gasteiger partial charge on any atom is -0.411 e. The molecular weight excluding hydrogens is 228 g/mol. The maximum absolute atomic E-state index is 11.4. The molecule has 0 unspecified atom stereocenters. The number of nitrogens with two attached hydrogens (primary N) is 1. The molecule has 0 aromatic heterocycles. The monoisotopic (exact) mass is 242 g/mol. The standard InChI is InChI=1S/C10H14N2O3S/c1-2-16(14,15)7-10(12-13)8-4-3-5-9(11)6-8/h3-6,13H,2,7,11H2,1H3/b12-10+. The summed E-state index contributed by atoms with van der Waals surface area (Å²) in [6.45, 7) is 1.55. The van der Waals surface area contributed by atoms with Crippen LogP contribution in [0.3, 0.4) is 0 Å². The molecule has 1 rings (SSSR count). The van der Waals surface area contributed by atoms with Crippen LogP contribution in [0.5, 0.6) is 0 Å². The smallest absolute Gasteiger partial charge is 0.155 e. The highest BCUT2D eigenvalue weighted by molar-refractivity contribution is 7.92. The van der Waals surface area contributed by atoms with Crippen molar-refractivity contribution in [2.75, 3.05) is 17.2 Å². The predicted octanol–water partition coefficient (Wildman–Crippen LogP) is 0.882. The van der Waals surface area contributed by atoms with E-state index >= 15 is 0 Å². The summed E-state index contributed by atoms with van der Waals surface area (Å²) in [6.07, 6.45) is 0. The molecular formula is C10H14N2O3S. The van der Waals surface area contributed by atoms with E-state index in [4.69, 9.17) is 10.9 Å². The number of benzene rings is 1. The minimum absolute atomic E-state index is 0.00827. The Kier molecular flexibility index (Phi) is 3.89. The zero-order valence-corrected chi connectivity index (χ0v) is 9.74.